The zero-order valence-electron chi connectivity index (χ0n) is 20.7. The number of amides is 2. The minimum absolute atomic E-state index is 0.0435. The normalized spacial score (nSPS) is 12.0. The second-order valence-electron chi connectivity index (χ2n) is 8.49. The van der Waals surface area contributed by atoms with Crippen LogP contribution in [0.25, 0.3) is 0 Å². The third-order valence-electron chi connectivity index (χ3n) is 6.07. The van der Waals surface area contributed by atoms with Crippen LogP contribution in [0.15, 0.2) is 77.7 Å². The summed E-state index contributed by atoms with van der Waals surface area (Å²) >= 11 is 6.22. The van der Waals surface area contributed by atoms with E-state index in [4.69, 9.17) is 11.6 Å². The lowest BCUT2D eigenvalue weighted by Crippen LogP contribution is -2.50. The lowest BCUT2D eigenvalue weighted by Gasteiger charge is -2.32. The van der Waals surface area contributed by atoms with Crippen LogP contribution in [0.2, 0.25) is 5.02 Å². The summed E-state index contributed by atoms with van der Waals surface area (Å²) in [5, 5.41) is 2.92. The fourth-order valence-electron chi connectivity index (χ4n) is 3.85. The predicted octanol–water partition coefficient (Wildman–Crippen LogP) is 4.32. The van der Waals surface area contributed by atoms with Crippen molar-refractivity contribution < 1.29 is 18.0 Å². The van der Waals surface area contributed by atoms with Gasteiger partial charge in [-0.3, -0.25) is 13.9 Å². The van der Waals surface area contributed by atoms with Crippen molar-refractivity contribution in [1.29, 1.82) is 0 Å². The topological polar surface area (TPSA) is 86.8 Å². The number of nitrogens with zero attached hydrogens (tertiary/aromatic N) is 2. The molecule has 0 radical (unpaired) electrons. The molecule has 0 heterocycles. The molecule has 2 amide bonds. The Balaban J connectivity index is 2.08. The van der Waals surface area contributed by atoms with E-state index in [-0.39, 0.29) is 17.3 Å². The van der Waals surface area contributed by atoms with Gasteiger partial charge < -0.3 is 10.2 Å². The molecule has 0 fully saturated rings. The van der Waals surface area contributed by atoms with Gasteiger partial charge in [-0.2, -0.15) is 0 Å². The highest BCUT2D eigenvalue weighted by Crippen LogP contribution is 2.30. The maximum Gasteiger partial charge on any atom is 0.264 e. The summed E-state index contributed by atoms with van der Waals surface area (Å²) in [5.41, 5.74) is 2.75. The summed E-state index contributed by atoms with van der Waals surface area (Å²) in [7, 11) is -2.63. The van der Waals surface area contributed by atoms with Crippen LogP contribution >= 0.6 is 11.6 Å². The van der Waals surface area contributed by atoms with E-state index in [2.05, 4.69) is 5.32 Å². The minimum atomic E-state index is -4.13. The first-order valence-electron chi connectivity index (χ1n) is 11.5. The third-order valence-corrected chi connectivity index (χ3v) is 8.07. The van der Waals surface area contributed by atoms with E-state index in [0.29, 0.717) is 16.3 Å². The van der Waals surface area contributed by atoms with Gasteiger partial charge in [0.25, 0.3) is 10.0 Å². The molecule has 0 aliphatic heterocycles. The first-order valence-corrected chi connectivity index (χ1v) is 13.3. The van der Waals surface area contributed by atoms with Gasteiger partial charge in [-0.1, -0.05) is 60.1 Å². The lowest BCUT2D eigenvalue weighted by atomic mass is 10.1. The van der Waals surface area contributed by atoms with Gasteiger partial charge in [0.15, 0.2) is 0 Å². The van der Waals surface area contributed by atoms with E-state index in [9.17, 15) is 18.0 Å². The Hall–Kier alpha value is -3.36. The Bertz CT molecular complexity index is 1350. The number of nitrogens with one attached hydrogen (secondary N) is 1. The highest BCUT2D eigenvalue weighted by molar-refractivity contribution is 7.92. The number of benzene rings is 3. The molecule has 0 bridgehead atoms. The van der Waals surface area contributed by atoms with E-state index in [0.717, 1.165) is 15.4 Å². The minimum Gasteiger partial charge on any atom is -0.357 e. The summed E-state index contributed by atoms with van der Waals surface area (Å²) in [5.74, 6) is -0.874. The monoisotopic (exact) mass is 527 g/mol. The number of anilines is 1. The molecule has 0 aromatic heterocycles. The maximum absolute atomic E-state index is 13.8. The van der Waals surface area contributed by atoms with Crippen molar-refractivity contribution >= 4 is 39.1 Å². The Morgan fingerprint density at radius 3 is 2.22 bits per heavy atom. The highest BCUT2D eigenvalue weighted by atomic mass is 35.5. The number of rotatable bonds is 9. The Morgan fingerprint density at radius 2 is 1.58 bits per heavy atom. The number of aryl methyl sites for hydroxylation is 2. The molecule has 0 unspecified atom stereocenters. The molecular formula is C27H30ClN3O4S. The van der Waals surface area contributed by atoms with Crippen LogP contribution in [0.1, 0.15) is 23.6 Å². The van der Waals surface area contributed by atoms with Gasteiger partial charge in [-0.25, -0.2) is 8.42 Å². The highest BCUT2D eigenvalue weighted by Gasteiger charge is 2.33. The molecule has 0 aliphatic rings. The number of hydrogen-bond donors (Lipinski definition) is 1. The maximum atomic E-state index is 13.8. The number of carbonyl (C=O) groups excluding carboxylic acids is 2. The van der Waals surface area contributed by atoms with Gasteiger partial charge in [-0.15, -0.1) is 0 Å². The van der Waals surface area contributed by atoms with E-state index in [1.165, 1.54) is 30.1 Å². The van der Waals surface area contributed by atoms with Crippen molar-refractivity contribution in [2.75, 3.05) is 17.9 Å². The van der Waals surface area contributed by atoms with Gasteiger partial charge in [0, 0.05) is 18.6 Å². The lowest BCUT2D eigenvalue weighted by molar-refractivity contribution is -0.139. The third kappa shape index (κ3) is 6.06. The summed E-state index contributed by atoms with van der Waals surface area (Å²) < 4.78 is 28.6. The van der Waals surface area contributed by atoms with Crippen LogP contribution in [0, 0.1) is 13.8 Å². The number of carbonyl (C=O) groups is 2. The van der Waals surface area contributed by atoms with Crippen molar-refractivity contribution in [3.63, 3.8) is 0 Å². The molecule has 190 valence electrons. The molecule has 1 N–H and O–H groups in total. The zero-order chi connectivity index (χ0) is 26.5. The predicted molar refractivity (Wildman–Crippen MR) is 142 cm³/mol. The van der Waals surface area contributed by atoms with Gasteiger partial charge in [0.2, 0.25) is 11.8 Å². The van der Waals surface area contributed by atoms with E-state index in [1.807, 2.05) is 31.2 Å². The van der Waals surface area contributed by atoms with Gasteiger partial charge in [0.1, 0.15) is 12.6 Å². The van der Waals surface area contributed by atoms with Crippen LogP contribution < -0.4 is 9.62 Å². The molecule has 3 aromatic carbocycles. The van der Waals surface area contributed by atoms with Crippen LogP contribution in [-0.4, -0.2) is 44.8 Å². The molecule has 0 saturated heterocycles. The first-order chi connectivity index (χ1) is 17.1. The Labute approximate surface area is 217 Å². The standard InChI is InChI=1S/C27H30ClN3O4S/c1-19-10-8-9-11-22(19)17-30(21(3)27(33)29-4)26(32)18-31(25-16-23(28)15-14-20(25)2)36(34,35)24-12-6-5-7-13-24/h5-16,21H,17-18H2,1-4H3,(H,29,33)/t21-/m1/s1. The van der Waals surface area contributed by atoms with Crippen LogP contribution in [-0.2, 0) is 26.2 Å². The molecule has 7 nitrogen and oxygen atoms in total. The molecule has 1 atom stereocenters. The zero-order valence-corrected chi connectivity index (χ0v) is 22.3. The largest absolute Gasteiger partial charge is 0.357 e. The van der Waals surface area contributed by atoms with Crippen molar-refractivity contribution in [2.24, 2.45) is 0 Å². The van der Waals surface area contributed by atoms with Gasteiger partial charge in [-0.05, 0) is 61.7 Å². The molecule has 36 heavy (non-hydrogen) atoms. The second-order valence-corrected chi connectivity index (χ2v) is 10.8. The number of hydrogen-bond acceptors (Lipinski definition) is 4. The molecule has 0 spiro atoms. The molecule has 9 heteroatoms. The first kappa shape index (κ1) is 27.2. The van der Waals surface area contributed by atoms with E-state index < -0.39 is 28.5 Å². The summed E-state index contributed by atoms with van der Waals surface area (Å²) in [6.45, 7) is 4.93. The van der Waals surface area contributed by atoms with Crippen molar-refractivity contribution in [2.45, 2.75) is 38.3 Å². The molecule has 3 rings (SSSR count). The number of likely N-dealkylation sites (N-methyl/N-ethyl adjacent to an activating group) is 1. The molecule has 0 aliphatic carbocycles. The van der Waals surface area contributed by atoms with Crippen LogP contribution in [0.4, 0.5) is 5.69 Å². The van der Waals surface area contributed by atoms with E-state index in [1.54, 1.807) is 44.2 Å². The van der Waals surface area contributed by atoms with Crippen LogP contribution in [0.3, 0.4) is 0 Å². The Kier molecular flexibility index (Phi) is 8.76. The van der Waals surface area contributed by atoms with E-state index >= 15 is 0 Å². The quantitative estimate of drug-likeness (QED) is 0.449. The molecular weight excluding hydrogens is 498 g/mol. The number of sulfonamides is 1. The second kappa shape index (κ2) is 11.6. The van der Waals surface area contributed by atoms with Gasteiger partial charge in [0.05, 0.1) is 10.6 Å². The smallest absolute Gasteiger partial charge is 0.264 e. The average molecular weight is 528 g/mol. The molecule has 3 aromatic rings. The van der Waals surface area contributed by atoms with Crippen molar-refractivity contribution in [3.8, 4) is 0 Å². The molecule has 0 saturated carbocycles. The summed E-state index contributed by atoms with van der Waals surface area (Å²) in [6.07, 6.45) is 0. The summed E-state index contributed by atoms with van der Waals surface area (Å²) in [4.78, 5) is 27.8. The SMILES string of the molecule is CNC(=O)[C@@H](C)N(Cc1ccccc1C)C(=O)CN(c1cc(Cl)ccc1C)S(=O)(=O)c1ccccc1. The number of halogens is 1. The fourth-order valence-corrected chi connectivity index (χ4v) is 5.50. The average Bonchev–Trinajstić information content (AvgIpc) is 2.87. The van der Waals surface area contributed by atoms with Crippen molar-refractivity contribution in [1.82, 2.24) is 10.2 Å². The fraction of sp³-hybridized carbons (Fsp3) is 0.259. The summed E-state index contributed by atoms with van der Waals surface area (Å²) in [6, 6.07) is 19.5. The Morgan fingerprint density at radius 1 is 0.944 bits per heavy atom. The van der Waals surface area contributed by atoms with Crippen LogP contribution in [0.5, 0.6) is 0 Å². The van der Waals surface area contributed by atoms with Gasteiger partial charge >= 0.3 is 0 Å². The van der Waals surface area contributed by atoms with Crippen molar-refractivity contribution in [3.05, 3.63) is 94.5 Å².